The number of nitrogens with one attached hydrogen (secondary N) is 1. The van der Waals surface area contributed by atoms with Crippen molar-refractivity contribution in [2.75, 3.05) is 18.4 Å². The largest absolute Gasteiger partial charge is 0.322 e. The molecule has 1 heterocycles. The number of aryl methyl sites for hydroxylation is 1. The van der Waals surface area contributed by atoms with Crippen LogP contribution in [0.15, 0.2) is 47.4 Å². The molecule has 1 saturated carbocycles. The molecule has 2 fully saturated rings. The Bertz CT molecular complexity index is 1000. The highest BCUT2D eigenvalue weighted by atomic mass is 32.2. The summed E-state index contributed by atoms with van der Waals surface area (Å²) in [5, 5.41) is 2.91. The highest BCUT2D eigenvalue weighted by Gasteiger charge is 2.27. The van der Waals surface area contributed by atoms with Crippen LogP contribution in [0.1, 0.15) is 72.3 Å². The first-order chi connectivity index (χ1) is 14.4. The summed E-state index contributed by atoms with van der Waals surface area (Å²) in [5.74, 6) is 0.379. The SMILES string of the molecule is Cc1ccc(C(=O)Nc2ccc(S(=O)(=O)N3CCCC3)cc2)cc1C1CCCCC1. The lowest BCUT2D eigenvalue weighted by Crippen LogP contribution is -2.27. The van der Waals surface area contributed by atoms with E-state index in [-0.39, 0.29) is 10.8 Å². The van der Waals surface area contributed by atoms with Crippen molar-refractivity contribution in [1.82, 2.24) is 4.31 Å². The molecule has 0 atom stereocenters. The molecule has 6 heteroatoms. The van der Waals surface area contributed by atoms with Gasteiger partial charge in [0.25, 0.3) is 5.91 Å². The molecule has 1 N–H and O–H groups in total. The zero-order valence-corrected chi connectivity index (χ0v) is 18.4. The third kappa shape index (κ3) is 4.44. The van der Waals surface area contributed by atoms with E-state index in [0.29, 0.717) is 30.3 Å². The Morgan fingerprint density at radius 2 is 1.60 bits per heavy atom. The zero-order chi connectivity index (χ0) is 21.1. The fourth-order valence-corrected chi connectivity index (χ4v) is 6.14. The van der Waals surface area contributed by atoms with Crippen LogP contribution in [-0.2, 0) is 10.0 Å². The molecule has 4 rings (SSSR count). The summed E-state index contributed by atoms with van der Waals surface area (Å²) in [6.07, 6.45) is 8.02. The number of anilines is 1. The Labute approximate surface area is 179 Å². The van der Waals surface area contributed by atoms with Crippen molar-refractivity contribution in [2.45, 2.75) is 62.7 Å². The zero-order valence-electron chi connectivity index (χ0n) is 17.6. The van der Waals surface area contributed by atoms with Gasteiger partial charge in [-0.3, -0.25) is 4.79 Å². The third-order valence-corrected chi connectivity index (χ3v) is 8.31. The van der Waals surface area contributed by atoms with Gasteiger partial charge in [0.1, 0.15) is 0 Å². The fourth-order valence-electron chi connectivity index (χ4n) is 4.63. The number of rotatable bonds is 5. The number of hydrogen-bond donors (Lipinski definition) is 1. The standard InChI is InChI=1S/C24H30N2O3S/c1-18-9-10-20(17-23(18)19-7-3-2-4-8-19)24(27)25-21-11-13-22(14-12-21)30(28,29)26-15-5-6-16-26/h9-14,17,19H,2-8,15-16H2,1H3,(H,25,27). The quantitative estimate of drug-likeness (QED) is 0.725. The molecular weight excluding hydrogens is 396 g/mol. The first-order valence-corrected chi connectivity index (χ1v) is 12.4. The minimum Gasteiger partial charge on any atom is -0.322 e. The maximum Gasteiger partial charge on any atom is 0.255 e. The van der Waals surface area contributed by atoms with Gasteiger partial charge < -0.3 is 5.32 Å². The van der Waals surface area contributed by atoms with E-state index < -0.39 is 10.0 Å². The lowest BCUT2D eigenvalue weighted by molar-refractivity contribution is 0.102. The average molecular weight is 427 g/mol. The number of amides is 1. The fraction of sp³-hybridized carbons (Fsp3) is 0.458. The van der Waals surface area contributed by atoms with Crippen molar-refractivity contribution in [3.8, 4) is 0 Å². The molecule has 2 aromatic carbocycles. The molecule has 2 aromatic rings. The second kappa shape index (κ2) is 8.90. The second-order valence-corrected chi connectivity index (χ2v) is 10.4. The summed E-state index contributed by atoms with van der Waals surface area (Å²) in [4.78, 5) is 13.1. The maximum atomic E-state index is 12.8. The van der Waals surface area contributed by atoms with Gasteiger partial charge in [-0.1, -0.05) is 25.3 Å². The Hall–Kier alpha value is -2.18. The summed E-state index contributed by atoms with van der Waals surface area (Å²) >= 11 is 0. The monoisotopic (exact) mass is 426 g/mol. The lowest BCUT2D eigenvalue weighted by atomic mass is 9.82. The topological polar surface area (TPSA) is 66.5 Å². The summed E-state index contributed by atoms with van der Waals surface area (Å²) in [6.45, 7) is 3.28. The highest BCUT2D eigenvalue weighted by Crippen LogP contribution is 2.34. The van der Waals surface area contributed by atoms with Gasteiger partial charge >= 0.3 is 0 Å². The van der Waals surface area contributed by atoms with Crippen molar-refractivity contribution in [1.29, 1.82) is 0 Å². The van der Waals surface area contributed by atoms with Gasteiger partial charge in [-0.05, 0) is 86.1 Å². The van der Waals surface area contributed by atoms with Crippen LogP contribution in [0.3, 0.4) is 0 Å². The number of sulfonamides is 1. The molecule has 160 valence electrons. The number of hydrogen-bond acceptors (Lipinski definition) is 3. The minimum atomic E-state index is -3.44. The van der Waals surface area contributed by atoms with Gasteiger partial charge in [-0.2, -0.15) is 4.31 Å². The molecule has 0 spiro atoms. The van der Waals surface area contributed by atoms with E-state index in [9.17, 15) is 13.2 Å². The number of benzene rings is 2. The summed E-state index contributed by atoms with van der Waals surface area (Å²) < 4.78 is 26.8. The van der Waals surface area contributed by atoms with Crippen molar-refractivity contribution >= 4 is 21.6 Å². The van der Waals surface area contributed by atoms with Crippen LogP contribution in [0.2, 0.25) is 0 Å². The summed E-state index contributed by atoms with van der Waals surface area (Å²) in [6, 6.07) is 12.4. The van der Waals surface area contributed by atoms with Gasteiger partial charge in [0.2, 0.25) is 10.0 Å². The van der Waals surface area contributed by atoms with Crippen molar-refractivity contribution < 1.29 is 13.2 Å². The van der Waals surface area contributed by atoms with Gasteiger partial charge in [-0.25, -0.2) is 8.42 Å². The molecule has 0 aromatic heterocycles. The number of nitrogens with zero attached hydrogens (tertiary/aromatic N) is 1. The first kappa shape index (κ1) is 21.1. The van der Waals surface area contributed by atoms with Gasteiger partial charge in [0.05, 0.1) is 4.90 Å². The molecule has 0 bridgehead atoms. The van der Waals surface area contributed by atoms with Crippen molar-refractivity contribution in [3.05, 3.63) is 59.2 Å². The van der Waals surface area contributed by atoms with E-state index in [0.717, 1.165) is 12.8 Å². The minimum absolute atomic E-state index is 0.165. The van der Waals surface area contributed by atoms with E-state index in [2.05, 4.69) is 12.2 Å². The Kier molecular flexibility index (Phi) is 6.25. The molecule has 5 nitrogen and oxygen atoms in total. The van der Waals surface area contributed by atoms with Gasteiger partial charge in [-0.15, -0.1) is 0 Å². The maximum absolute atomic E-state index is 12.8. The van der Waals surface area contributed by atoms with Crippen molar-refractivity contribution in [3.63, 3.8) is 0 Å². The normalized spacial score (nSPS) is 18.4. The van der Waals surface area contributed by atoms with Crippen LogP contribution in [-0.4, -0.2) is 31.7 Å². The summed E-state index contributed by atoms with van der Waals surface area (Å²) in [7, 11) is -3.44. The third-order valence-electron chi connectivity index (χ3n) is 6.40. The average Bonchev–Trinajstić information content (AvgIpc) is 3.31. The molecule has 1 amide bonds. The Morgan fingerprint density at radius 3 is 2.27 bits per heavy atom. The van der Waals surface area contributed by atoms with E-state index in [1.165, 1.54) is 47.5 Å². The van der Waals surface area contributed by atoms with Crippen LogP contribution in [0.4, 0.5) is 5.69 Å². The number of carbonyl (C=O) groups is 1. The molecule has 2 aliphatic rings. The van der Waals surface area contributed by atoms with Crippen LogP contribution in [0.25, 0.3) is 0 Å². The van der Waals surface area contributed by atoms with E-state index in [4.69, 9.17) is 0 Å². The molecule has 30 heavy (non-hydrogen) atoms. The van der Waals surface area contributed by atoms with Gasteiger partial charge in [0.15, 0.2) is 0 Å². The van der Waals surface area contributed by atoms with Crippen LogP contribution in [0, 0.1) is 6.92 Å². The van der Waals surface area contributed by atoms with Crippen LogP contribution in [0.5, 0.6) is 0 Å². The van der Waals surface area contributed by atoms with Crippen molar-refractivity contribution in [2.24, 2.45) is 0 Å². The lowest BCUT2D eigenvalue weighted by Gasteiger charge is -2.24. The van der Waals surface area contributed by atoms with E-state index in [1.807, 2.05) is 18.2 Å². The molecule has 0 unspecified atom stereocenters. The molecule has 1 aliphatic carbocycles. The Balaban J connectivity index is 1.47. The molecular formula is C24H30N2O3S. The molecule has 1 aliphatic heterocycles. The molecule has 0 radical (unpaired) electrons. The van der Waals surface area contributed by atoms with E-state index in [1.54, 1.807) is 24.3 Å². The second-order valence-electron chi connectivity index (χ2n) is 8.50. The summed E-state index contributed by atoms with van der Waals surface area (Å²) in [5.41, 5.74) is 3.78. The number of carbonyl (C=O) groups excluding carboxylic acids is 1. The first-order valence-electron chi connectivity index (χ1n) is 11.0. The predicted octanol–water partition coefficient (Wildman–Crippen LogP) is 5.08. The van der Waals surface area contributed by atoms with E-state index >= 15 is 0 Å². The molecule has 1 saturated heterocycles. The smallest absolute Gasteiger partial charge is 0.255 e. The highest BCUT2D eigenvalue weighted by molar-refractivity contribution is 7.89. The van der Waals surface area contributed by atoms with Crippen LogP contribution >= 0.6 is 0 Å². The van der Waals surface area contributed by atoms with Crippen LogP contribution < -0.4 is 5.32 Å². The predicted molar refractivity (Wildman–Crippen MR) is 119 cm³/mol. The van der Waals surface area contributed by atoms with Gasteiger partial charge in [0, 0.05) is 24.3 Å². The Morgan fingerprint density at radius 1 is 0.933 bits per heavy atom.